The van der Waals surface area contributed by atoms with Crippen LogP contribution in [-0.4, -0.2) is 87.0 Å². The Morgan fingerprint density at radius 3 is 2.61 bits per heavy atom. The molecule has 2 aliphatic heterocycles. The molecule has 1 aromatic rings. The molecule has 1 N–H and O–H groups in total. The molecule has 2 fully saturated rings. The van der Waals surface area contributed by atoms with Gasteiger partial charge in [0.2, 0.25) is 5.95 Å². The van der Waals surface area contributed by atoms with E-state index in [0.29, 0.717) is 5.92 Å². The maximum absolute atomic E-state index is 5.83. The van der Waals surface area contributed by atoms with Gasteiger partial charge in [0.25, 0.3) is 0 Å². The zero-order valence-corrected chi connectivity index (χ0v) is 19.1. The monoisotopic (exact) mass is 504 g/mol. The number of aliphatic imine (C=N–C) groups is 1. The number of hydrogen-bond donors (Lipinski definition) is 1. The van der Waals surface area contributed by atoms with Crippen molar-refractivity contribution in [2.45, 2.75) is 19.3 Å². The lowest BCUT2D eigenvalue weighted by Crippen LogP contribution is -2.53. The van der Waals surface area contributed by atoms with Crippen molar-refractivity contribution in [3.05, 3.63) is 18.5 Å². The molecule has 0 bridgehead atoms. The molecule has 8 nitrogen and oxygen atoms in total. The molecule has 0 amide bonds. The molecular weight excluding hydrogens is 471 g/mol. The first-order valence-electron chi connectivity index (χ1n) is 10.00. The lowest BCUT2D eigenvalue weighted by Gasteiger charge is -2.36. The van der Waals surface area contributed by atoms with Gasteiger partial charge in [-0.25, -0.2) is 9.97 Å². The summed E-state index contributed by atoms with van der Waals surface area (Å²) >= 11 is 0. The van der Waals surface area contributed by atoms with Crippen LogP contribution in [0.15, 0.2) is 23.5 Å². The molecule has 3 heterocycles. The third-order valence-electron chi connectivity index (χ3n) is 5.07. The molecule has 0 unspecified atom stereocenters. The Balaban J connectivity index is 0.00000280. The molecule has 0 saturated carbocycles. The van der Waals surface area contributed by atoms with Gasteiger partial charge < -0.3 is 24.6 Å². The topological polar surface area (TPSA) is 75.1 Å². The average Bonchev–Trinajstić information content (AvgIpc) is 2.75. The summed E-state index contributed by atoms with van der Waals surface area (Å²) in [6, 6.07) is 1.85. The van der Waals surface area contributed by atoms with Gasteiger partial charge in [-0.05, 0) is 31.2 Å². The van der Waals surface area contributed by atoms with E-state index in [2.05, 4.69) is 30.1 Å². The Morgan fingerprint density at radius 1 is 1.21 bits per heavy atom. The number of nitrogens with zero attached hydrogens (tertiary/aromatic N) is 5. The first-order valence-corrected chi connectivity index (χ1v) is 10.00. The summed E-state index contributed by atoms with van der Waals surface area (Å²) in [5, 5.41) is 3.46. The van der Waals surface area contributed by atoms with Crippen molar-refractivity contribution >= 4 is 35.9 Å². The van der Waals surface area contributed by atoms with Gasteiger partial charge in [0, 0.05) is 78.6 Å². The standard InChI is InChI=1S/C19H32N6O2.HI/c1-20-18(21-8-3-13-27-16-17-4-14-26-15-5-17)24-9-11-25(12-10-24)19-22-6-2-7-23-19;/h2,6-7,17H,3-5,8-16H2,1H3,(H,20,21);1H. The SMILES string of the molecule is CN=C(NCCCOCC1CCOCC1)N1CCN(c2ncccn2)CC1.I. The molecule has 0 aliphatic carbocycles. The first kappa shape index (κ1) is 23.1. The van der Waals surface area contributed by atoms with Crippen LogP contribution < -0.4 is 10.2 Å². The lowest BCUT2D eigenvalue weighted by molar-refractivity contribution is 0.0203. The number of halogens is 1. The maximum Gasteiger partial charge on any atom is 0.225 e. The molecule has 0 aromatic carbocycles. The minimum Gasteiger partial charge on any atom is -0.381 e. The molecule has 28 heavy (non-hydrogen) atoms. The molecule has 158 valence electrons. The van der Waals surface area contributed by atoms with Crippen LogP contribution in [0.25, 0.3) is 0 Å². The number of nitrogens with one attached hydrogen (secondary N) is 1. The van der Waals surface area contributed by atoms with E-state index in [-0.39, 0.29) is 24.0 Å². The van der Waals surface area contributed by atoms with Gasteiger partial charge in [-0.3, -0.25) is 4.99 Å². The van der Waals surface area contributed by atoms with E-state index < -0.39 is 0 Å². The molecule has 0 spiro atoms. The summed E-state index contributed by atoms with van der Waals surface area (Å²) in [7, 11) is 1.84. The van der Waals surface area contributed by atoms with E-state index in [0.717, 1.165) is 90.3 Å². The van der Waals surface area contributed by atoms with E-state index in [4.69, 9.17) is 9.47 Å². The number of rotatable bonds is 7. The van der Waals surface area contributed by atoms with Crippen LogP contribution in [0.4, 0.5) is 5.95 Å². The van der Waals surface area contributed by atoms with Gasteiger partial charge in [-0.1, -0.05) is 0 Å². The van der Waals surface area contributed by atoms with E-state index >= 15 is 0 Å². The number of anilines is 1. The van der Waals surface area contributed by atoms with E-state index in [9.17, 15) is 0 Å². The van der Waals surface area contributed by atoms with Gasteiger partial charge in [-0.15, -0.1) is 24.0 Å². The molecule has 2 saturated heterocycles. The first-order chi connectivity index (χ1) is 13.4. The Labute approximate surface area is 185 Å². The predicted octanol–water partition coefficient (Wildman–Crippen LogP) is 1.63. The molecular formula is C19H33IN6O2. The molecule has 9 heteroatoms. The fourth-order valence-electron chi connectivity index (χ4n) is 3.44. The summed E-state index contributed by atoms with van der Waals surface area (Å²) in [5.41, 5.74) is 0. The van der Waals surface area contributed by atoms with Crippen molar-refractivity contribution in [3.8, 4) is 0 Å². The number of aromatic nitrogens is 2. The normalized spacial score (nSPS) is 18.7. The summed E-state index contributed by atoms with van der Waals surface area (Å²) in [6.45, 7) is 7.93. The highest BCUT2D eigenvalue weighted by Crippen LogP contribution is 2.14. The molecule has 2 aliphatic rings. The Morgan fingerprint density at radius 2 is 1.93 bits per heavy atom. The highest BCUT2D eigenvalue weighted by molar-refractivity contribution is 14.0. The van der Waals surface area contributed by atoms with Gasteiger partial charge in [-0.2, -0.15) is 0 Å². The minimum atomic E-state index is 0. The number of guanidine groups is 1. The highest BCUT2D eigenvalue weighted by atomic mass is 127. The predicted molar refractivity (Wildman–Crippen MR) is 122 cm³/mol. The van der Waals surface area contributed by atoms with Crippen LogP contribution in [0.2, 0.25) is 0 Å². The Bertz CT molecular complexity index is 563. The molecule has 1 aromatic heterocycles. The second-order valence-corrected chi connectivity index (χ2v) is 6.98. The Hall–Kier alpha value is -1.20. The quantitative estimate of drug-likeness (QED) is 0.262. The number of ether oxygens (including phenoxy) is 2. The zero-order chi connectivity index (χ0) is 18.7. The second-order valence-electron chi connectivity index (χ2n) is 6.98. The third kappa shape index (κ3) is 7.32. The van der Waals surface area contributed by atoms with Crippen LogP contribution in [-0.2, 0) is 9.47 Å². The average molecular weight is 504 g/mol. The van der Waals surface area contributed by atoms with Crippen molar-refractivity contribution in [1.29, 1.82) is 0 Å². The van der Waals surface area contributed by atoms with Crippen molar-refractivity contribution in [2.75, 3.05) is 71.1 Å². The summed E-state index contributed by atoms with van der Waals surface area (Å²) in [4.78, 5) is 17.6. The summed E-state index contributed by atoms with van der Waals surface area (Å²) < 4.78 is 11.2. The summed E-state index contributed by atoms with van der Waals surface area (Å²) in [5.74, 6) is 2.44. The van der Waals surface area contributed by atoms with Gasteiger partial charge in [0.05, 0.1) is 0 Å². The highest BCUT2D eigenvalue weighted by Gasteiger charge is 2.20. The lowest BCUT2D eigenvalue weighted by atomic mass is 10.0. The fraction of sp³-hybridized carbons (Fsp3) is 0.737. The largest absolute Gasteiger partial charge is 0.381 e. The summed E-state index contributed by atoms with van der Waals surface area (Å²) in [6.07, 6.45) is 6.83. The van der Waals surface area contributed by atoms with E-state index in [1.807, 2.05) is 13.1 Å². The van der Waals surface area contributed by atoms with Gasteiger partial charge in [0.15, 0.2) is 5.96 Å². The number of hydrogen-bond acceptors (Lipinski definition) is 6. The number of piperazine rings is 1. The van der Waals surface area contributed by atoms with Crippen molar-refractivity contribution in [1.82, 2.24) is 20.2 Å². The van der Waals surface area contributed by atoms with Crippen molar-refractivity contribution in [2.24, 2.45) is 10.9 Å². The third-order valence-corrected chi connectivity index (χ3v) is 5.07. The van der Waals surface area contributed by atoms with Crippen molar-refractivity contribution in [3.63, 3.8) is 0 Å². The van der Waals surface area contributed by atoms with Crippen LogP contribution in [0.3, 0.4) is 0 Å². The second kappa shape index (κ2) is 13.1. The molecule has 0 radical (unpaired) electrons. The van der Waals surface area contributed by atoms with Gasteiger partial charge >= 0.3 is 0 Å². The zero-order valence-electron chi connectivity index (χ0n) is 16.8. The maximum atomic E-state index is 5.83. The minimum absolute atomic E-state index is 0. The van der Waals surface area contributed by atoms with Gasteiger partial charge in [0.1, 0.15) is 0 Å². The van der Waals surface area contributed by atoms with Crippen LogP contribution in [0.5, 0.6) is 0 Å². The fourth-order valence-corrected chi connectivity index (χ4v) is 3.44. The Kier molecular flexibility index (Phi) is 10.8. The molecule has 3 rings (SSSR count). The van der Waals surface area contributed by atoms with E-state index in [1.165, 1.54) is 0 Å². The van der Waals surface area contributed by atoms with Crippen LogP contribution in [0.1, 0.15) is 19.3 Å². The molecule has 0 atom stereocenters. The van der Waals surface area contributed by atoms with E-state index in [1.54, 1.807) is 12.4 Å². The smallest absolute Gasteiger partial charge is 0.225 e. The van der Waals surface area contributed by atoms with Crippen LogP contribution >= 0.6 is 24.0 Å². The van der Waals surface area contributed by atoms with Crippen molar-refractivity contribution < 1.29 is 9.47 Å². The van der Waals surface area contributed by atoms with Crippen LogP contribution in [0, 0.1) is 5.92 Å².